The van der Waals surface area contributed by atoms with Gasteiger partial charge < -0.3 is 29.9 Å². The number of aromatic nitrogens is 6. The fourth-order valence-electron chi connectivity index (χ4n) is 13.0. The quantitative estimate of drug-likeness (QED) is 0.0587. The third-order valence-corrected chi connectivity index (χ3v) is 18.0. The van der Waals surface area contributed by atoms with Crippen molar-refractivity contribution in [1.82, 2.24) is 29.9 Å². The largest absolute Gasteiger partial charge is 3.00 e. The van der Waals surface area contributed by atoms with Crippen molar-refractivity contribution in [2.24, 2.45) is 30.0 Å². The van der Waals surface area contributed by atoms with Crippen molar-refractivity contribution >= 4 is 73.7 Å². The van der Waals surface area contributed by atoms with E-state index in [0.29, 0.717) is 0 Å². The second-order valence-electron chi connectivity index (χ2n) is 23.9. The molecule has 0 aliphatic carbocycles. The van der Waals surface area contributed by atoms with Crippen molar-refractivity contribution in [3.05, 3.63) is 242 Å². The molecule has 0 aromatic carbocycles. The molecule has 6 aliphatic heterocycles. The monoisotopic (exact) mass is 1350 g/mol. The summed E-state index contributed by atoms with van der Waals surface area (Å²) >= 11 is 0. The van der Waals surface area contributed by atoms with Gasteiger partial charge in [-0.25, -0.2) is 0 Å². The summed E-state index contributed by atoms with van der Waals surface area (Å²) in [6, 6.07) is 2.15. The number of nitrogens with zero attached hydrogens (tertiary/aromatic N) is 12. The van der Waals surface area contributed by atoms with E-state index >= 15 is 0 Å². The number of allylic oxidation sites excluding steroid dienone is 12. The van der Waals surface area contributed by atoms with Crippen LogP contribution in [0.1, 0.15) is 204 Å². The Morgan fingerprint density at radius 3 is 0.853 bits per heavy atom. The second-order valence-corrected chi connectivity index (χ2v) is 23.9. The molecule has 12 rings (SSSR count). The van der Waals surface area contributed by atoms with Crippen LogP contribution >= 0.6 is 0 Å². The first-order valence-electron chi connectivity index (χ1n) is 34.0. The molecule has 0 atom stereocenters. The minimum absolute atomic E-state index is 0. The van der Waals surface area contributed by atoms with E-state index in [0.717, 1.165) is 165 Å². The SMILES string of the molecule is CCC1=C(CC)/C(=C/c2cc(CC3=C/C(=C/c4[n-]cc(CC)c4CC)N=C3)c[n-]2)N=C1.CCc1c[n-]c(/C=C2/C=C(CC3=C/C(=C/c4[n-]cc(CC)c4CC)N=C3)C=N2)c1CC.CCc1c[n-]c(/C=C2/C=C(CC3=C/C(=C/c4[n-]cc(CC)c4CC)N=C3)C=N2)c1CC.[Co+3].[Co+3]. The van der Waals surface area contributed by atoms with Crippen molar-refractivity contribution < 1.29 is 33.6 Å². The maximum absolute atomic E-state index is 4.60. The van der Waals surface area contributed by atoms with Crippen LogP contribution in [0, 0.1) is 0 Å². The molecule has 6 aliphatic rings. The Labute approximate surface area is 584 Å². The molecule has 6 aromatic rings. The first-order chi connectivity index (χ1) is 45.4. The van der Waals surface area contributed by atoms with Gasteiger partial charge in [-0.2, -0.15) is 37.2 Å². The molecule has 0 spiro atoms. The molecule has 0 amide bonds. The van der Waals surface area contributed by atoms with Gasteiger partial charge in [-0.3, -0.25) is 30.0 Å². The first kappa shape index (κ1) is 72.4. The summed E-state index contributed by atoms with van der Waals surface area (Å²) in [7, 11) is 0. The van der Waals surface area contributed by atoms with Crippen LogP contribution in [0.4, 0.5) is 0 Å². The molecule has 0 saturated carbocycles. The molecule has 95 heavy (non-hydrogen) atoms. The zero-order chi connectivity index (χ0) is 65.4. The van der Waals surface area contributed by atoms with Crippen LogP contribution in [0.5, 0.6) is 0 Å². The van der Waals surface area contributed by atoms with Gasteiger partial charge in [-0.05, 0) is 153 Å². The molecule has 0 fully saturated rings. The first-order valence-corrected chi connectivity index (χ1v) is 34.0. The van der Waals surface area contributed by atoms with Gasteiger partial charge in [0.2, 0.25) is 0 Å². The topological polar surface area (TPSA) is 159 Å². The van der Waals surface area contributed by atoms with E-state index < -0.39 is 0 Å². The van der Waals surface area contributed by atoms with Gasteiger partial charge >= 0.3 is 33.6 Å². The molecule has 6 aromatic heterocycles. The number of aliphatic imine (C=N–C) groups is 6. The predicted molar refractivity (Wildman–Crippen MR) is 392 cm³/mol. The van der Waals surface area contributed by atoms with E-state index in [2.05, 4.69) is 216 Å². The summed E-state index contributed by atoms with van der Waals surface area (Å²) in [4.78, 5) is 55.1. The van der Waals surface area contributed by atoms with Crippen LogP contribution < -0.4 is 29.9 Å². The van der Waals surface area contributed by atoms with E-state index in [-0.39, 0.29) is 33.6 Å². The molecule has 492 valence electrons. The molecule has 0 saturated heterocycles. The van der Waals surface area contributed by atoms with Gasteiger partial charge in [0, 0.05) is 50.1 Å². The average molecular weight is 1350 g/mol. The zero-order valence-corrected chi connectivity index (χ0v) is 59.6. The minimum atomic E-state index is 0. The fourth-order valence-corrected chi connectivity index (χ4v) is 13.0. The van der Waals surface area contributed by atoms with Crippen LogP contribution in [0.15, 0.2) is 177 Å². The van der Waals surface area contributed by atoms with Crippen molar-refractivity contribution in [2.45, 2.75) is 179 Å². The standard InChI is InChI=1S/3C27H30N4.2Co/c3*1-5-20-16-30-26(24(20)7-3)12-22-10-18(14-28-22)9-19-11-23(29-15-19)13-27-25(8-4)21(6-2)17-31-27;;/h3*10-17H,5-9H2,1-4H3;;/q3*-2;2*+3/b22-12-,27-13-;2*22-12-,23-13-;;. The summed E-state index contributed by atoms with van der Waals surface area (Å²) in [5, 5.41) is 0. The zero-order valence-electron chi connectivity index (χ0n) is 57.5. The Morgan fingerprint density at radius 1 is 0.295 bits per heavy atom. The van der Waals surface area contributed by atoms with Crippen molar-refractivity contribution in [2.75, 3.05) is 0 Å². The van der Waals surface area contributed by atoms with Gasteiger partial charge in [0.15, 0.2) is 0 Å². The van der Waals surface area contributed by atoms with Gasteiger partial charge in [-0.15, -0.1) is 34.2 Å². The Balaban J connectivity index is 0.000000181. The van der Waals surface area contributed by atoms with Gasteiger partial charge in [0.25, 0.3) is 0 Å². The third kappa shape index (κ3) is 17.7. The Morgan fingerprint density at radius 2 is 0.589 bits per heavy atom. The van der Waals surface area contributed by atoms with Crippen LogP contribution in [0.2, 0.25) is 0 Å². The van der Waals surface area contributed by atoms with E-state index in [1.54, 1.807) is 0 Å². The average Bonchev–Trinajstić information content (AvgIpc) is 1.73. The van der Waals surface area contributed by atoms with E-state index in [9.17, 15) is 0 Å². The van der Waals surface area contributed by atoms with Crippen molar-refractivity contribution in [3.63, 3.8) is 0 Å². The van der Waals surface area contributed by atoms with Crippen molar-refractivity contribution in [3.8, 4) is 0 Å². The van der Waals surface area contributed by atoms with Crippen LogP contribution in [0.3, 0.4) is 0 Å². The summed E-state index contributed by atoms with van der Waals surface area (Å²) < 4.78 is 0. The molecule has 12 heterocycles. The van der Waals surface area contributed by atoms with Gasteiger partial charge in [0.05, 0.1) is 34.2 Å². The molecule has 14 heteroatoms. The summed E-state index contributed by atoms with van der Waals surface area (Å²) in [6.45, 7) is 26.2. The molecular weight excluding hydrogens is 1260 g/mol. The maximum atomic E-state index is 4.60. The maximum Gasteiger partial charge on any atom is 3.00 e. The van der Waals surface area contributed by atoms with Gasteiger partial charge in [0.1, 0.15) is 0 Å². The molecule has 0 unspecified atom stereocenters. The number of aryl methyl sites for hydroxylation is 5. The fraction of sp³-hybridized carbons (Fsp3) is 0.333. The van der Waals surface area contributed by atoms with Crippen LogP contribution in [-0.4, -0.2) is 37.3 Å². The van der Waals surface area contributed by atoms with Gasteiger partial charge in [-0.1, -0.05) is 187 Å². The molecule has 0 N–H and O–H groups in total. The van der Waals surface area contributed by atoms with E-state index in [1.807, 2.05) is 74.5 Å². The Bertz CT molecular complexity index is 3940. The normalized spacial score (nSPS) is 17.7. The molecular formula is C81H90Co2N12. The smallest absolute Gasteiger partial charge is 0.664 e. The van der Waals surface area contributed by atoms with Crippen molar-refractivity contribution in [1.29, 1.82) is 0 Å². The Hall–Kier alpha value is -8.41. The summed E-state index contributed by atoms with van der Waals surface area (Å²) in [5.74, 6) is 0. The van der Waals surface area contributed by atoms with E-state index in [1.165, 1.54) is 100 Å². The Kier molecular flexibility index (Phi) is 26.6. The predicted octanol–water partition coefficient (Wildman–Crippen LogP) is 17.1. The molecule has 0 radical (unpaired) electrons. The van der Waals surface area contributed by atoms with Crippen LogP contribution in [-0.2, 0) is 104 Å². The van der Waals surface area contributed by atoms with E-state index in [4.69, 9.17) is 0 Å². The van der Waals surface area contributed by atoms with Crippen LogP contribution in [0.25, 0.3) is 36.5 Å². The number of hydrogen-bond donors (Lipinski definition) is 0. The summed E-state index contributed by atoms with van der Waals surface area (Å²) in [5.41, 5.74) is 35.4. The molecule has 0 bridgehead atoms. The number of rotatable bonds is 24. The third-order valence-electron chi connectivity index (χ3n) is 18.0. The molecule has 12 nitrogen and oxygen atoms in total. The second kappa shape index (κ2) is 34.8. The minimum Gasteiger partial charge on any atom is -0.664 e. The summed E-state index contributed by atoms with van der Waals surface area (Å²) in [6.07, 6.45) is 61.7. The number of hydrogen-bond acceptors (Lipinski definition) is 6.